The van der Waals surface area contributed by atoms with Crippen LogP contribution in [0, 0.1) is 12.8 Å². The van der Waals surface area contributed by atoms with Crippen molar-refractivity contribution in [2.45, 2.75) is 59.8 Å². The Hall–Kier alpha value is -0.780. The molecule has 1 aliphatic rings. The van der Waals surface area contributed by atoms with Crippen LogP contribution < -0.4 is 0 Å². The fraction of sp³-hybridized carbons (Fsp3) is 0.625. The van der Waals surface area contributed by atoms with Crippen molar-refractivity contribution in [1.29, 1.82) is 0 Å². The van der Waals surface area contributed by atoms with E-state index in [-0.39, 0.29) is 0 Å². The lowest BCUT2D eigenvalue weighted by Gasteiger charge is -2.15. The van der Waals surface area contributed by atoms with Crippen molar-refractivity contribution < 1.29 is 0 Å². The summed E-state index contributed by atoms with van der Waals surface area (Å²) in [4.78, 5) is 0. The SMILES string of the molecule is CC.CC1CCCCC1.Cc1ccccc1. The summed E-state index contributed by atoms with van der Waals surface area (Å²) >= 11 is 0. The van der Waals surface area contributed by atoms with Crippen molar-refractivity contribution in [3.8, 4) is 0 Å². The average Bonchev–Trinajstić information content (AvgIpc) is 2.34. The van der Waals surface area contributed by atoms with E-state index < -0.39 is 0 Å². The molecule has 0 radical (unpaired) electrons. The minimum atomic E-state index is 1.04. The van der Waals surface area contributed by atoms with Crippen LogP contribution in [0.1, 0.15) is 58.4 Å². The van der Waals surface area contributed by atoms with Crippen LogP contribution in [0.15, 0.2) is 30.3 Å². The second-order valence-electron chi connectivity index (χ2n) is 4.40. The summed E-state index contributed by atoms with van der Waals surface area (Å²) in [5.74, 6) is 1.04. The molecule has 0 unspecified atom stereocenters. The van der Waals surface area contributed by atoms with Gasteiger partial charge in [-0.3, -0.25) is 0 Å². The van der Waals surface area contributed by atoms with E-state index in [0.29, 0.717) is 0 Å². The summed E-state index contributed by atoms with van der Waals surface area (Å²) in [5.41, 5.74) is 1.32. The van der Waals surface area contributed by atoms with Crippen LogP contribution in [0.2, 0.25) is 0 Å². The molecule has 0 spiro atoms. The Kier molecular flexibility index (Phi) is 10.2. The van der Waals surface area contributed by atoms with Crippen molar-refractivity contribution >= 4 is 0 Å². The molecule has 0 saturated heterocycles. The van der Waals surface area contributed by atoms with Gasteiger partial charge in [-0.2, -0.15) is 0 Å². The molecular formula is C16H28. The maximum Gasteiger partial charge on any atom is -0.0398 e. The lowest BCUT2D eigenvalue weighted by molar-refractivity contribution is 0.385. The van der Waals surface area contributed by atoms with E-state index in [1.54, 1.807) is 0 Å². The van der Waals surface area contributed by atoms with Crippen molar-refractivity contribution in [2.75, 3.05) is 0 Å². The fourth-order valence-electron chi connectivity index (χ4n) is 1.84. The summed E-state index contributed by atoms with van der Waals surface area (Å²) in [6.07, 6.45) is 7.44. The Balaban J connectivity index is 0.000000244. The molecule has 92 valence electrons. The molecule has 1 aromatic carbocycles. The van der Waals surface area contributed by atoms with E-state index in [4.69, 9.17) is 0 Å². The van der Waals surface area contributed by atoms with Crippen molar-refractivity contribution in [3.05, 3.63) is 35.9 Å². The first-order valence-electron chi connectivity index (χ1n) is 6.80. The molecule has 0 N–H and O–H groups in total. The molecule has 1 aromatic rings. The molecule has 1 saturated carbocycles. The number of hydrogen-bond donors (Lipinski definition) is 0. The molecule has 0 heterocycles. The Morgan fingerprint density at radius 2 is 1.38 bits per heavy atom. The third-order valence-corrected chi connectivity index (χ3v) is 2.83. The van der Waals surface area contributed by atoms with E-state index in [1.807, 2.05) is 32.0 Å². The standard InChI is InChI=1S/C7H14.C7H8.C2H6/c2*1-7-5-3-2-4-6-7;1-2/h7H,2-6H2,1H3;2-6H,1H3;1-2H3. The third kappa shape index (κ3) is 8.52. The zero-order valence-electron chi connectivity index (χ0n) is 11.5. The summed E-state index contributed by atoms with van der Waals surface area (Å²) in [7, 11) is 0. The Morgan fingerprint density at radius 1 is 0.875 bits per heavy atom. The van der Waals surface area contributed by atoms with Gasteiger partial charge in [0.15, 0.2) is 0 Å². The van der Waals surface area contributed by atoms with Crippen LogP contribution in [0.5, 0.6) is 0 Å². The summed E-state index contributed by atoms with van der Waals surface area (Å²) in [6.45, 7) is 8.44. The van der Waals surface area contributed by atoms with Gasteiger partial charge in [-0.25, -0.2) is 0 Å². The molecule has 0 amide bonds. The van der Waals surface area contributed by atoms with E-state index in [0.717, 1.165) is 5.92 Å². The molecule has 1 aliphatic carbocycles. The second-order valence-corrected chi connectivity index (χ2v) is 4.40. The Morgan fingerprint density at radius 3 is 1.62 bits per heavy atom. The van der Waals surface area contributed by atoms with E-state index in [1.165, 1.54) is 37.7 Å². The molecule has 0 aliphatic heterocycles. The molecule has 0 heteroatoms. The van der Waals surface area contributed by atoms with Gasteiger partial charge in [0.2, 0.25) is 0 Å². The smallest absolute Gasteiger partial charge is 0.0398 e. The van der Waals surface area contributed by atoms with Crippen LogP contribution in [-0.2, 0) is 0 Å². The summed E-state index contributed by atoms with van der Waals surface area (Å²) in [5, 5.41) is 0. The Bertz CT molecular complexity index is 219. The number of hydrogen-bond acceptors (Lipinski definition) is 0. The molecule has 2 rings (SSSR count). The van der Waals surface area contributed by atoms with Crippen molar-refractivity contribution in [2.24, 2.45) is 5.92 Å². The minimum Gasteiger partial charge on any atom is -0.0683 e. The fourth-order valence-corrected chi connectivity index (χ4v) is 1.84. The van der Waals surface area contributed by atoms with Crippen molar-refractivity contribution in [1.82, 2.24) is 0 Å². The first-order valence-corrected chi connectivity index (χ1v) is 6.80. The van der Waals surface area contributed by atoms with Crippen LogP contribution >= 0.6 is 0 Å². The van der Waals surface area contributed by atoms with Gasteiger partial charge in [-0.1, -0.05) is 88.8 Å². The highest BCUT2D eigenvalue weighted by Gasteiger charge is 2.05. The predicted molar refractivity (Wildman–Crippen MR) is 74.8 cm³/mol. The topological polar surface area (TPSA) is 0 Å². The normalized spacial score (nSPS) is 15.2. The predicted octanol–water partition coefficient (Wildman–Crippen LogP) is 5.61. The van der Waals surface area contributed by atoms with Gasteiger partial charge in [0.05, 0.1) is 0 Å². The summed E-state index contributed by atoms with van der Waals surface area (Å²) < 4.78 is 0. The molecule has 0 nitrogen and oxygen atoms in total. The first kappa shape index (κ1) is 15.2. The average molecular weight is 220 g/mol. The lowest BCUT2D eigenvalue weighted by Crippen LogP contribution is -1.99. The highest BCUT2D eigenvalue weighted by atomic mass is 14.1. The first-order chi connectivity index (χ1) is 7.79. The largest absolute Gasteiger partial charge is 0.0683 e. The monoisotopic (exact) mass is 220 g/mol. The highest BCUT2D eigenvalue weighted by Crippen LogP contribution is 2.22. The minimum absolute atomic E-state index is 1.04. The van der Waals surface area contributed by atoms with Gasteiger partial charge in [-0.15, -0.1) is 0 Å². The highest BCUT2D eigenvalue weighted by molar-refractivity contribution is 5.11. The number of rotatable bonds is 0. The maximum atomic E-state index is 2.36. The van der Waals surface area contributed by atoms with Gasteiger partial charge in [0.25, 0.3) is 0 Å². The van der Waals surface area contributed by atoms with E-state index in [9.17, 15) is 0 Å². The molecule has 0 aromatic heterocycles. The molecule has 0 atom stereocenters. The van der Waals surface area contributed by atoms with Crippen molar-refractivity contribution in [3.63, 3.8) is 0 Å². The Labute approximate surface area is 102 Å². The van der Waals surface area contributed by atoms with Gasteiger partial charge in [-0.05, 0) is 12.8 Å². The van der Waals surface area contributed by atoms with Gasteiger partial charge < -0.3 is 0 Å². The molecular weight excluding hydrogens is 192 g/mol. The number of aryl methyl sites for hydroxylation is 1. The van der Waals surface area contributed by atoms with Crippen LogP contribution in [0.3, 0.4) is 0 Å². The summed E-state index contributed by atoms with van der Waals surface area (Å²) in [6, 6.07) is 10.3. The van der Waals surface area contributed by atoms with Gasteiger partial charge in [0.1, 0.15) is 0 Å². The van der Waals surface area contributed by atoms with Gasteiger partial charge in [0, 0.05) is 0 Å². The van der Waals surface area contributed by atoms with Crippen LogP contribution in [-0.4, -0.2) is 0 Å². The van der Waals surface area contributed by atoms with E-state index >= 15 is 0 Å². The second kappa shape index (κ2) is 10.7. The van der Waals surface area contributed by atoms with E-state index in [2.05, 4.69) is 26.0 Å². The van der Waals surface area contributed by atoms with Gasteiger partial charge >= 0.3 is 0 Å². The maximum absolute atomic E-state index is 2.36. The molecule has 1 fully saturated rings. The third-order valence-electron chi connectivity index (χ3n) is 2.83. The quantitative estimate of drug-likeness (QED) is 0.533. The molecule has 0 bridgehead atoms. The zero-order valence-corrected chi connectivity index (χ0v) is 11.5. The van der Waals surface area contributed by atoms with Crippen LogP contribution in [0.25, 0.3) is 0 Å². The number of benzene rings is 1. The zero-order chi connectivity index (χ0) is 12.2. The lowest BCUT2D eigenvalue weighted by atomic mass is 9.91. The van der Waals surface area contributed by atoms with Crippen LogP contribution in [0.4, 0.5) is 0 Å². The molecule has 16 heavy (non-hydrogen) atoms.